The predicted octanol–water partition coefficient (Wildman–Crippen LogP) is 3.34. The Hall–Kier alpha value is -2.34. The number of benzene rings is 2. The fraction of sp³-hybridized carbons (Fsp3) is 0.333. The van der Waals surface area contributed by atoms with E-state index in [0.717, 1.165) is 15.6 Å². The van der Waals surface area contributed by atoms with Gasteiger partial charge in [-0.2, -0.15) is 0 Å². The number of nitrogens with zero attached hydrogens (tertiary/aromatic N) is 1. The van der Waals surface area contributed by atoms with E-state index in [2.05, 4.69) is 21.2 Å². The molecule has 0 aliphatic carbocycles. The Morgan fingerprint density at radius 3 is 2.52 bits per heavy atom. The molecule has 0 aromatic heterocycles. The Kier molecular flexibility index (Phi) is 7.85. The van der Waals surface area contributed by atoms with Gasteiger partial charge in [0.25, 0.3) is 5.91 Å². The molecule has 0 bridgehead atoms. The number of aryl methyl sites for hydroxylation is 1. The van der Waals surface area contributed by atoms with Gasteiger partial charge >= 0.3 is 0 Å². The number of hydrogen-bond acceptors (Lipinski definition) is 3. The van der Waals surface area contributed by atoms with Crippen LogP contribution in [-0.4, -0.2) is 43.0 Å². The van der Waals surface area contributed by atoms with Crippen molar-refractivity contribution in [3.05, 3.63) is 64.1 Å². The average Bonchev–Trinajstić information content (AvgIpc) is 2.69. The first kappa shape index (κ1) is 21.0. The van der Waals surface area contributed by atoms with Crippen LogP contribution in [0.15, 0.2) is 53.0 Å². The SMILES string of the molecule is CNC(=O)[C@@H](C)N(CCc1ccccc1)C(=O)COc1ccc(Br)c(C)c1. The monoisotopic (exact) mass is 432 g/mol. The number of nitrogens with one attached hydrogen (secondary N) is 1. The largest absolute Gasteiger partial charge is 0.484 e. The van der Waals surface area contributed by atoms with E-state index in [4.69, 9.17) is 4.74 Å². The molecule has 0 aliphatic rings. The Morgan fingerprint density at radius 2 is 1.89 bits per heavy atom. The van der Waals surface area contributed by atoms with Crippen LogP contribution in [0.25, 0.3) is 0 Å². The number of carbonyl (C=O) groups is 2. The first-order chi connectivity index (χ1) is 12.9. The van der Waals surface area contributed by atoms with E-state index in [-0.39, 0.29) is 18.4 Å². The van der Waals surface area contributed by atoms with Crippen molar-refractivity contribution in [1.82, 2.24) is 10.2 Å². The van der Waals surface area contributed by atoms with Crippen LogP contribution in [0.2, 0.25) is 0 Å². The quantitative estimate of drug-likeness (QED) is 0.695. The standard InChI is InChI=1S/C21H25BrN2O3/c1-15-13-18(9-10-19(15)22)27-14-20(25)24(16(2)21(26)23-3)12-11-17-7-5-4-6-8-17/h4-10,13,16H,11-12,14H2,1-3H3,(H,23,26)/t16-/m1/s1. The molecule has 6 heteroatoms. The number of hydrogen-bond donors (Lipinski definition) is 1. The number of likely N-dealkylation sites (N-methyl/N-ethyl adjacent to an activating group) is 1. The maximum Gasteiger partial charge on any atom is 0.261 e. The van der Waals surface area contributed by atoms with Crippen LogP contribution in [0, 0.1) is 6.92 Å². The molecule has 0 spiro atoms. The molecule has 2 amide bonds. The van der Waals surface area contributed by atoms with E-state index in [1.54, 1.807) is 24.9 Å². The highest BCUT2D eigenvalue weighted by atomic mass is 79.9. The lowest BCUT2D eigenvalue weighted by Gasteiger charge is -2.28. The highest BCUT2D eigenvalue weighted by Crippen LogP contribution is 2.21. The van der Waals surface area contributed by atoms with Crippen LogP contribution in [-0.2, 0) is 16.0 Å². The Balaban J connectivity index is 2.04. The highest BCUT2D eigenvalue weighted by Gasteiger charge is 2.25. The third-order valence-corrected chi connectivity index (χ3v) is 5.28. The van der Waals surface area contributed by atoms with Crippen molar-refractivity contribution in [1.29, 1.82) is 0 Å². The van der Waals surface area contributed by atoms with Crippen molar-refractivity contribution >= 4 is 27.7 Å². The van der Waals surface area contributed by atoms with E-state index in [9.17, 15) is 9.59 Å². The summed E-state index contributed by atoms with van der Waals surface area (Å²) in [4.78, 5) is 26.4. The Bertz CT molecular complexity index is 780. The van der Waals surface area contributed by atoms with E-state index in [1.807, 2.05) is 49.4 Å². The van der Waals surface area contributed by atoms with Gasteiger partial charge in [0.05, 0.1) is 0 Å². The summed E-state index contributed by atoms with van der Waals surface area (Å²) in [5, 5.41) is 2.61. The van der Waals surface area contributed by atoms with E-state index >= 15 is 0 Å². The smallest absolute Gasteiger partial charge is 0.261 e. The molecule has 0 unspecified atom stereocenters. The number of carbonyl (C=O) groups excluding carboxylic acids is 2. The lowest BCUT2D eigenvalue weighted by molar-refractivity contribution is -0.141. The number of amides is 2. The second-order valence-corrected chi connectivity index (χ2v) is 7.17. The zero-order valence-corrected chi connectivity index (χ0v) is 17.5. The minimum atomic E-state index is -0.568. The average molecular weight is 433 g/mol. The third kappa shape index (κ3) is 6.10. The minimum Gasteiger partial charge on any atom is -0.484 e. The van der Waals surface area contributed by atoms with Crippen molar-refractivity contribution in [2.45, 2.75) is 26.3 Å². The second-order valence-electron chi connectivity index (χ2n) is 6.31. The summed E-state index contributed by atoms with van der Waals surface area (Å²) in [5.41, 5.74) is 2.14. The maximum atomic E-state index is 12.8. The molecule has 2 aromatic carbocycles. The summed E-state index contributed by atoms with van der Waals surface area (Å²) in [6.07, 6.45) is 0.672. The lowest BCUT2D eigenvalue weighted by Crippen LogP contribution is -2.49. The summed E-state index contributed by atoms with van der Waals surface area (Å²) < 4.78 is 6.64. The summed E-state index contributed by atoms with van der Waals surface area (Å²) in [7, 11) is 1.57. The highest BCUT2D eigenvalue weighted by molar-refractivity contribution is 9.10. The lowest BCUT2D eigenvalue weighted by atomic mass is 10.1. The Morgan fingerprint density at radius 1 is 1.19 bits per heavy atom. The molecule has 27 heavy (non-hydrogen) atoms. The number of ether oxygens (including phenoxy) is 1. The maximum absolute atomic E-state index is 12.8. The molecule has 2 rings (SSSR count). The van der Waals surface area contributed by atoms with E-state index in [1.165, 1.54) is 0 Å². The van der Waals surface area contributed by atoms with Gasteiger partial charge in [-0.15, -0.1) is 0 Å². The van der Waals surface area contributed by atoms with Gasteiger partial charge in [0.2, 0.25) is 5.91 Å². The minimum absolute atomic E-state index is 0.114. The van der Waals surface area contributed by atoms with Gasteiger partial charge in [0.15, 0.2) is 6.61 Å². The first-order valence-electron chi connectivity index (χ1n) is 8.86. The first-order valence-corrected chi connectivity index (χ1v) is 9.65. The summed E-state index contributed by atoms with van der Waals surface area (Å²) in [6, 6.07) is 14.9. The summed E-state index contributed by atoms with van der Waals surface area (Å²) in [6.45, 7) is 4.02. The summed E-state index contributed by atoms with van der Waals surface area (Å²) in [5.74, 6) is 0.207. The molecule has 0 heterocycles. The van der Waals surface area contributed by atoms with Gasteiger partial charge < -0.3 is 15.0 Å². The number of halogens is 1. The molecule has 1 N–H and O–H groups in total. The third-order valence-electron chi connectivity index (χ3n) is 4.39. The second kappa shape index (κ2) is 10.1. The molecule has 0 saturated heterocycles. The van der Waals surface area contributed by atoms with Gasteiger partial charge in [0, 0.05) is 18.1 Å². The molecule has 0 fully saturated rings. The molecular weight excluding hydrogens is 408 g/mol. The molecule has 0 radical (unpaired) electrons. The molecule has 2 aromatic rings. The van der Waals surface area contributed by atoms with Crippen LogP contribution in [0.4, 0.5) is 0 Å². The topological polar surface area (TPSA) is 58.6 Å². The molecule has 0 aliphatic heterocycles. The van der Waals surface area contributed by atoms with Crippen molar-refractivity contribution in [3.8, 4) is 5.75 Å². The molecule has 144 valence electrons. The fourth-order valence-corrected chi connectivity index (χ4v) is 2.96. The molecular formula is C21H25BrN2O3. The van der Waals surface area contributed by atoms with E-state index in [0.29, 0.717) is 18.7 Å². The van der Waals surface area contributed by atoms with Crippen molar-refractivity contribution in [2.24, 2.45) is 0 Å². The number of rotatable bonds is 8. The zero-order valence-electron chi connectivity index (χ0n) is 15.9. The van der Waals surface area contributed by atoms with Crippen LogP contribution in [0.1, 0.15) is 18.1 Å². The molecule has 5 nitrogen and oxygen atoms in total. The van der Waals surface area contributed by atoms with Crippen molar-refractivity contribution in [3.63, 3.8) is 0 Å². The van der Waals surface area contributed by atoms with Crippen LogP contribution in [0.3, 0.4) is 0 Å². The fourth-order valence-electron chi connectivity index (χ4n) is 2.71. The summed E-state index contributed by atoms with van der Waals surface area (Å²) >= 11 is 3.44. The van der Waals surface area contributed by atoms with Gasteiger partial charge in [-0.3, -0.25) is 9.59 Å². The normalized spacial score (nSPS) is 11.6. The molecule has 1 atom stereocenters. The molecule has 0 saturated carbocycles. The van der Waals surface area contributed by atoms with Gasteiger partial charge in [0.1, 0.15) is 11.8 Å². The van der Waals surface area contributed by atoms with Crippen LogP contribution in [0.5, 0.6) is 5.75 Å². The van der Waals surface area contributed by atoms with Crippen molar-refractivity contribution in [2.75, 3.05) is 20.2 Å². The predicted molar refractivity (Wildman–Crippen MR) is 110 cm³/mol. The van der Waals surface area contributed by atoms with Crippen molar-refractivity contribution < 1.29 is 14.3 Å². The van der Waals surface area contributed by atoms with Crippen LogP contribution >= 0.6 is 15.9 Å². The Labute approximate surface area is 168 Å². The van der Waals surface area contributed by atoms with Crippen LogP contribution < -0.4 is 10.1 Å². The zero-order chi connectivity index (χ0) is 19.8. The van der Waals surface area contributed by atoms with Gasteiger partial charge in [-0.1, -0.05) is 46.3 Å². The van der Waals surface area contributed by atoms with Gasteiger partial charge in [-0.25, -0.2) is 0 Å². The van der Waals surface area contributed by atoms with Gasteiger partial charge in [-0.05, 0) is 49.6 Å². The van der Waals surface area contributed by atoms with E-state index < -0.39 is 6.04 Å².